The summed E-state index contributed by atoms with van der Waals surface area (Å²) < 4.78 is 5.45. The second-order valence-corrected chi connectivity index (χ2v) is 6.85. The fourth-order valence-corrected chi connectivity index (χ4v) is 3.56. The second kappa shape index (κ2) is 7.68. The summed E-state index contributed by atoms with van der Waals surface area (Å²) in [7, 11) is 0. The maximum absolute atomic E-state index is 12.8. The van der Waals surface area contributed by atoms with Crippen LogP contribution in [0.2, 0.25) is 0 Å². The van der Waals surface area contributed by atoms with Crippen molar-refractivity contribution in [2.45, 2.75) is 12.3 Å². The highest BCUT2D eigenvalue weighted by Crippen LogP contribution is 2.28. The predicted molar refractivity (Wildman–Crippen MR) is 108 cm³/mol. The molecule has 1 amide bonds. The van der Waals surface area contributed by atoms with Crippen molar-refractivity contribution in [3.8, 4) is 5.75 Å². The number of nitrogens with one attached hydrogen (secondary N) is 1. The largest absolute Gasteiger partial charge is 0.490 e. The van der Waals surface area contributed by atoms with E-state index < -0.39 is 0 Å². The highest BCUT2D eigenvalue weighted by molar-refractivity contribution is 5.94. The van der Waals surface area contributed by atoms with Gasteiger partial charge in [0.1, 0.15) is 12.4 Å². The van der Waals surface area contributed by atoms with E-state index in [0.717, 1.165) is 12.1 Å². The van der Waals surface area contributed by atoms with Gasteiger partial charge in [0, 0.05) is 36.5 Å². The van der Waals surface area contributed by atoms with Gasteiger partial charge in [-0.05, 0) is 48.9 Å². The van der Waals surface area contributed by atoms with E-state index >= 15 is 0 Å². The Bertz CT molecular complexity index is 1070. The lowest BCUT2D eigenvalue weighted by Crippen LogP contribution is -2.28. The van der Waals surface area contributed by atoms with Crippen molar-refractivity contribution in [3.63, 3.8) is 0 Å². The van der Waals surface area contributed by atoms with Crippen molar-refractivity contribution >= 4 is 16.8 Å². The molecule has 3 aromatic rings. The van der Waals surface area contributed by atoms with Crippen LogP contribution in [0.5, 0.6) is 5.75 Å². The number of fused-ring (bicyclic) bond motifs is 1. The molecule has 28 heavy (non-hydrogen) atoms. The van der Waals surface area contributed by atoms with Crippen molar-refractivity contribution in [1.82, 2.24) is 14.9 Å². The smallest absolute Gasteiger partial charge is 0.257 e. The summed E-state index contributed by atoms with van der Waals surface area (Å²) in [5.74, 6) is 0.786. The summed E-state index contributed by atoms with van der Waals surface area (Å²) in [6, 6.07) is 12.6. The molecule has 3 heterocycles. The van der Waals surface area contributed by atoms with Crippen LogP contribution in [0.15, 0.2) is 66.1 Å². The Morgan fingerprint density at radius 3 is 2.93 bits per heavy atom. The molecule has 0 spiro atoms. The number of hydrogen-bond donors (Lipinski definition) is 1. The third kappa shape index (κ3) is 3.53. The number of aromatic amines is 1. The normalized spacial score (nSPS) is 16.3. The van der Waals surface area contributed by atoms with Crippen LogP contribution in [-0.2, 0) is 0 Å². The zero-order chi connectivity index (χ0) is 19.5. The van der Waals surface area contributed by atoms with Gasteiger partial charge in [0.15, 0.2) is 0 Å². The molecule has 1 N–H and O–H groups in total. The molecule has 1 saturated heterocycles. The van der Waals surface area contributed by atoms with E-state index in [1.807, 2.05) is 11.0 Å². The van der Waals surface area contributed by atoms with Gasteiger partial charge in [-0.2, -0.15) is 0 Å². The van der Waals surface area contributed by atoms with Crippen molar-refractivity contribution in [2.24, 2.45) is 0 Å². The molecule has 0 radical (unpaired) electrons. The van der Waals surface area contributed by atoms with Crippen LogP contribution in [0, 0.1) is 0 Å². The molecule has 6 heteroatoms. The van der Waals surface area contributed by atoms with E-state index in [1.54, 1.807) is 48.7 Å². The summed E-state index contributed by atoms with van der Waals surface area (Å²) in [4.78, 5) is 34.2. The lowest BCUT2D eigenvalue weighted by Gasteiger charge is -2.17. The highest BCUT2D eigenvalue weighted by Gasteiger charge is 2.29. The molecule has 1 atom stereocenters. The number of ether oxygens (including phenoxy) is 1. The molecule has 0 aliphatic carbocycles. The summed E-state index contributed by atoms with van der Waals surface area (Å²) in [6.45, 7) is 5.27. The predicted octanol–water partition coefficient (Wildman–Crippen LogP) is 3.12. The molecular formula is C22H21N3O3. The van der Waals surface area contributed by atoms with Gasteiger partial charge in [0.05, 0.1) is 10.9 Å². The summed E-state index contributed by atoms with van der Waals surface area (Å²) in [6.07, 6.45) is 4.16. The van der Waals surface area contributed by atoms with Crippen LogP contribution in [0.4, 0.5) is 0 Å². The minimum atomic E-state index is -0.138. The number of rotatable bonds is 5. The van der Waals surface area contributed by atoms with Crippen LogP contribution in [-0.4, -0.2) is 40.5 Å². The third-order valence-electron chi connectivity index (χ3n) is 5.02. The molecule has 1 aliphatic rings. The Morgan fingerprint density at radius 2 is 2.14 bits per heavy atom. The number of pyridine rings is 2. The number of amides is 1. The number of H-pyrrole nitrogens is 1. The Balaban J connectivity index is 1.48. The topological polar surface area (TPSA) is 75.3 Å². The van der Waals surface area contributed by atoms with Gasteiger partial charge in [0.25, 0.3) is 11.5 Å². The minimum Gasteiger partial charge on any atom is -0.490 e. The van der Waals surface area contributed by atoms with E-state index in [4.69, 9.17) is 4.74 Å². The van der Waals surface area contributed by atoms with Gasteiger partial charge < -0.3 is 14.6 Å². The van der Waals surface area contributed by atoms with Gasteiger partial charge >= 0.3 is 0 Å². The first-order valence-corrected chi connectivity index (χ1v) is 9.26. The number of nitrogens with zero attached hydrogens (tertiary/aromatic N) is 2. The van der Waals surface area contributed by atoms with E-state index in [1.165, 1.54) is 0 Å². The molecule has 4 rings (SSSR count). The fourth-order valence-electron chi connectivity index (χ4n) is 3.56. The van der Waals surface area contributed by atoms with Gasteiger partial charge in [-0.25, -0.2) is 0 Å². The Hall–Kier alpha value is -3.41. The van der Waals surface area contributed by atoms with Gasteiger partial charge in [0.2, 0.25) is 0 Å². The van der Waals surface area contributed by atoms with Crippen LogP contribution in [0.25, 0.3) is 10.9 Å². The lowest BCUT2D eigenvalue weighted by molar-refractivity contribution is 0.0790. The average Bonchev–Trinajstić information content (AvgIpc) is 3.22. The van der Waals surface area contributed by atoms with Crippen molar-refractivity contribution in [1.29, 1.82) is 0 Å². The summed E-state index contributed by atoms with van der Waals surface area (Å²) >= 11 is 0. The average molecular weight is 375 g/mol. The lowest BCUT2D eigenvalue weighted by atomic mass is 10.0. The molecule has 1 aliphatic heterocycles. The molecule has 0 unspecified atom stereocenters. The number of likely N-dealkylation sites (tertiary alicyclic amines) is 1. The highest BCUT2D eigenvalue weighted by atomic mass is 16.5. The standard InChI is InChI=1S/C22H21N3O3/c1-2-12-28-17-7-5-15(6-8-17)22(27)25-11-9-16(14-25)19-13-20-18(21(26)24-19)4-3-10-23-20/h2-8,10,13,16H,1,9,11-12,14H2,(H,24,26)/t16-/m0/s1. The first-order chi connectivity index (χ1) is 13.7. The number of benzene rings is 1. The molecule has 1 aromatic carbocycles. The molecular weight excluding hydrogens is 354 g/mol. The molecule has 142 valence electrons. The van der Waals surface area contributed by atoms with Crippen LogP contribution < -0.4 is 10.3 Å². The SMILES string of the molecule is C=CCOc1ccc(C(=O)N2CC[C@H](c3cc4ncccc4c(=O)[nH]3)C2)cc1. The van der Waals surface area contributed by atoms with E-state index in [2.05, 4.69) is 16.5 Å². The molecule has 0 saturated carbocycles. The third-order valence-corrected chi connectivity index (χ3v) is 5.02. The quantitative estimate of drug-likeness (QED) is 0.695. The Labute approximate surface area is 162 Å². The number of hydrogen-bond acceptors (Lipinski definition) is 4. The summed E-state index contributed by atoms with van der Waals surface area (Å²) in [5, 5.41) is 0.580. The van der Waals surface area contributed by atoms with Crippen molar-refractivity contribution < 1.29 is 9.53 Å². The number of aromatic nitrogens is 2. The zero-order valence-electron chi connectivity index (χ0n) is 15.4. The Kier molecular flexibility index (Phi) is 4.93. The van der Waals surface area contributed by atoms with E-state index in [-0.39, 0.29) is 17.4 Å². The number of carbonyl (C=O) groups is 1. The zero-order valence-corrected chi connectivity index (χ0v) is 15.4. The maximum atomic E-state index is 12.8. The molecule has 1 fully saturated rings. The maximum Gasteiger partial charge on any atom is 0.257 e. The first-order valence-electron chi connectivity index (χ1n) is 9.26. The minimum absolute atomic E-state index is 0.0148. The van der Waals surface area contributed by atoms with Gasteiger partial charge in [-0.1, -0.05) is 12.7 Å². The van der Waals surface area contributed by atoms with E-state index in [0.29, 0.717) is 41.9 Å². The molecule has 2 aromatic heterocycles. The fraction of sp³-hybridized carbons (Fsp3) is 0.227. The summed E-state index contributed by atoms with van der Waals surface area (Å²) in [5.41, 5.74) is 2.00. The number of carbonyl (C=O) groups excluding carboxylic acids is 1. The van der Waals surface area contributed by atoms with Crippen LogP contribution >= 0.6 is 0 Å². The van der Waals surface area contributed by atoms with Crippen molar-refractivity contribution in [2.75, 3.05) is 19.7 Å². The van der Waals surface area contributed by atoms with Crippen LogP contribution in [0.3, 0.4) is 0 Å². The first kappa shape index (κ1) is 18.0. The molecule has 0 bridgehead atoms. The monoisotopic (exact) mass is 375 g/mol. The Morgan fingerprint density at radius 1 is 1.32 bits per heavy atom. The van der Waals surface area contributed by atoms with Gasteiger partial charge in [-0.3, -0.25) is 14.6 Å². The van der Waals surface area contributed by atoms with Gasteiger partial charge in [-0.15, -0.1) is 0 Å². The molecule has 6 nitrogen and oxygen atoms in total. The van der Waals surface area contributed by atoms with Crippen molar-refractivity contribution in [3.05, 3.63) is 82.9 Å². The second-order valence-electron chi connectivity index (χ2n) is 6.85. The van der Waals surface area contributed by atoms with Crippen LogP contribution in [0.1, 0.15) is 28.4 Å². The van der Waals surface area contributed by atoms with E-state index in [9.17, 15) is 9.59 Å².